The normalized spacial score (nSPS) is 12.7. The smallest absolute Gasteiger partial charge is 0.0621 e. The van der Waals surface area contributed by atoms with Gasteiger partial charge in [-0.05, 0) is 32.2 Å². The van der Waals surface area contributed by atoms with Crippen LogP contribution >= 0.6 is 0 Å². The fourth-order valence-corrected chi connectivity index (χ4v) is 1.35. The average Bonchev–Trinajstić information content (AvgIpc) is 2.21. The van der Waals surface area contributed by atoms with E-state index in [1.807, 2.05) is 6.92 Å². The lowest BCUT2D eigenvalue weighted by Crippen LogP contribution is -2.38. The van der Waals surface area contributed by atoms with Crippen molar-refractivity contribution in [2.45, 2.75) is 46.1 Å². The van der Waals surface area contributed by atoms with Crippen molar-refractivity contribution in [2.24, 2.45) is 5.92 Å². The van der Waals surface area contributed by atoms with Crippen LogP contribution in [0.15, 0.2) is 0 Å². The molecule has 3 heteroatoms. The number of rotatable bonds is 9. The third kappa shape index (κ3) is 8.41. The van der Waals surface area contributed by atoms with Crippen LogP contribution in [0.3, 0.4) is 0 Å². The van der Waals surface area contributed by atoms with Crippen molar-refractivity contribution in [2.75, 3.05) is 19.8 Å². The maximum absolute atomic E-state index is 8.39. The number of nitrogens with zero attached hydrogens (tertiary/aromatic N) is 1. The summed E-state index contributed by atoms with van der Waals surface area (Å²) in [5, 5.41) is 11.9. The van der Waals surface area contributed by atoms with Gasteiger partial charge in [0.2, 0.25) is 0 Å². The van der Waals surface area contributed by atoms with E-state index in [-0.39, 0.29) is 0 Å². The van der Waals surface area contributed by atoms with Gasteiger partial charge in [0.05, 0.1) is 12.7 Å². The molecule has 0 aliphatic heterocycles. The average molecular weight is 212 g/mol. The van der Waals surface area contributed by atoms with Gasteiger partial charge in [-0.1, -0.05) is 13.8 Å². The van der Waals surface area contributed by atoms with Crippen LogP contribution in [0, 0.1) is 17.2 Å². The highest BCUT2D eigenvalue weighted by Gasteiger charge is 2.11. The summed E-state index contributed by atoms with van der Waals surface area (Å²) in [5.41, 5.74) is 0. The van der Waals surface area contributed by atoms with Crippen LogP contribution in [-0.2, 0) is 4.74 Å². The van der Waals surface area contributed by atoms with E-state index in [4.69, 9.17) is 10.00 Å². The fourth-order valence-electron chi connectivity index (χ4n) is 1.35. The van der Waals surface area contributed by atoms with E-state index in [2.05, 4.69) is 25.2 Å². The summed E-state index contributed by atoms with van der Waals surface area (Å²) in [7, 11) is 0. The molecule has 1 unspecified atom stereocenters. The Morgan fingerprint density at radius 3 is 2.60 bits per heavy atom. The molecule has 0 rings (SSSR count). The first-order valence-corrected chi connectivity index (χ1v) is 5.90. The summed E-state index contributed by atoms with van der Waals surface area (Å²) in [6.07, 6.45) is 2.73. The van der Waals surface area contributed by atoms with Crippen molar-refractivity contribution in [3.63, 3.8) is 0 Å². The quantitative estimate of drug-likeness (QED) is 0.597. The Hall–Kier alpha value is -0.590. The lowest BCUT2D eigenvalue weighted by atomic mass is 10.1. The van der Waals surface area contributed by atoms with Crippen LogP contribution in [-0.4, -0.2) is 25.8 Å². The molecule has 0 saturated heterocycles. The van der Waals surface area contributed by atoms with E-state index in [9.17, 15) is 0 Å². The number of nitriles is 1. The van der Waals surface area contributed by atoms with E-state index in [0.717, 1.165) is 32.6 Å². The van der Waals surface area contributed by atoms with Gasteiger partial charge in [0.1, 0.15) is 0 Å². The van der Waals surface area contributed by atoms with Crippen molar-refractivity contribution in [1.82, 2.24) is 5.32 Å². The fraction of sp³-hybridized carbons (Fsp3) is 0.917. The van der Waals surface area contributed by atoms with Gasteiger partial charge >= 0.3 is 0 Å². The minimum Gasteiger partial charge on any atom is -0.380 e. The van der Waals surface area contributed by atoms with Crippen LogP contribution in [0.2, 0.25) is 0 Å². The minimum atomic E-state index is 0.437. The van der Waals surface area contributed by atoms with Gasteiger partial charge in [-0.3, -0.25) is 0 Å². The monoisotopic (exact) mass is 212 g/mol. The highest BCUT2D eigenvalue weighted by Crippen LogP contribution is 2.03. The third-order valence-corrected chi connectivity index (χ3v) is 2.43. The van der Waals surface area contributed by atoms with Gasteiger partial charge in [0.25, 0.3) is 0 Å². The molecule has 0 aromatic rings. The molecular weight excluding hydrogens is 188 g/mol. The zero-order valence-electron chi connectivity index (χ0n) is 10.3. The molecule has 0 bridgehead atoms. The molecule has 0 spiro atoms. The molecule has 15 heavy (non-hydrogen) atoms. The van der Waals surface area contributed by atoms with Gasteiger partial charge < -0.3 is 10.1 Å². The molecule has 0 radical (unpaired) electrons. The predicted octanol–water partition coefficient (Wildman–Crippen LogP) is 2.33. The SMILES string of the molecule is CCOCC(NCCCCC#N)C(C)C. The van der Waals surface area contributed by atoms with Crippen molar-refractivity contribution >= 4 is 0 Å². The molecule has 0 aromatic heterocycles. The van der Waals surface area contributed by atoms with Crippen molar-refractivity contribution in [3.05, 3.63) is 0 Å². The van der Waals surface area contributed by atoms with Gasteiger partial charge in [-0.25, -0.2) is 0 Å². The Bertz CT molecular complexity index is 175. The molecule has 0 amide bonds. The van der Waals surface area contributed by atoms with Crippen LogP contribution in [0.1, 0.15) is 40.0 Å². The zero-order chi connectivity index (χ0) is 11.5. The third-order valence-electron chi connectivity index (χ3n) is 2.43. The molecule has 0 heterocycles. The standard InChI is InChI=1S/C12H24N2O/c1-4-15-10-12(11(2)3)14-9-7-5-6-8-13/h11-12,14H,4-7,9-10H2,1-3H3. The molecule has 3 nitrogen and oxygen atoms in total. The summed E-state index contributed by atoms with van der Waals surface area (Å²) >= 11 is 0. The first-order chi connectivity index (χ1) is 7.22. The Labute approximate surface area is 93.8 Å². The van der Waals surface area contributed by atoms with E-state index in [0.29, 0.717) is 18.4 Å². The Kier molecular flexibility index (Phi) is 9.55. The molecule has 0 fully saturated rings. The second-order valence-corrected chi connectivity index (χ2v) is 4.08. The molecule has 0 aliphatic carbocycles. The summed E-state index contributed by atoms with van der Waals surface area (Å²) in [6.45, 7) is 8.96. The van der Waals surface area contributed by atoms with E-state index < -0.39 is 0 Å². The maximum Gasteiger partial charge on any atom is 0.0621 e. The Morgan fingerprint density at radius 2 is 2.07 bits per heavy atom. The van der Waals surface area contributed by atoms with Crippen LogP contribution in [0.5, 0.6) is 0 Å². The highest BCUT2D eigenvalue weighted by atomic mass is 16.5. The topological polar surface area (TPSA) is 45.0 Å². The summed E-state index contributed by atoms with van der Waals surface area (Å²) in [5.74, 6) is 0.590. The molecule has 0 saturated carbocycles. The Morgan fingerprint density at radius 1 is 1.33 bits per heavy atom. The lowest BCUT2D eigenvalue weighted by Gasteiger charge is -2.22. The van der Waals surface area contributed by atoms with Crippen LogP contribution in [0.4, 0.5) is 0 Å². The summed E-state index contributed by atoms with van der Waals surface area (Å²) < 4.78 is 5.42. The number of hydrogen-bond donors (Lipinski definition) is 1. The van der Waals surface area contributed by atoms with Gasteiger partial charge in [0.15, 0.2) is 0 Å². The highest BCUT2D eigenvalue weighted by molar-refractivity contribution is 4.72. The maximum atomic E-state index is 8.39. The summed E-state index contributed by atoms with van der Waals surface area (Å²) in [4.78, 5) is 0. The van der Waals surface area contributed by atoms with Crippen molar-refractivity contribution in [1.29, 1.82) is 5.26 Å². The first-order valence-electron chi connectivity index (χ1n) is 5.90. The number of nitrogens with one attached hydrogen (secondary N) is 1. The van der Waals surface area contributed by atoms with Gasteiger partial charge in [0, 0.05) is 19.1 Å². The predicted molar refractivity (Wildman–Crippen MR) is 62.6 cm³/mol. The molecule has 88 valence electrons. The van der Waals surface area contributed by atoms with E-state index in [1.54, 1.807) is 0 Å². The van der Waals surface area contributed by atoms with Gasteiger partial charge in [-0.2, -0.15) is 5.26 Å². The number of unbranched alkanes of at least 4 members (excludes halogenated alkanes) is 2. The zero-order valence-corrected chi connectivity index (χ0v) is 10.3. The Balaban J connectivity index is 3.53. The number of ether oxygens (including phenoxy) is 1. The molecular formula is C12H24N2O. The molecule has 0 aromatic carbocycles. The largest absolute Gasteiger partial charge is 0.380 e. The minimum absolute atomic E-state index is 0.437. The van der Waals surface area contributed by atoms with Crippen LogP contribution in [0.25, 0.3) is 0 Å². The lowest BCUT2D eigenvalue weighted by molar-refractivity contribution is 0.108. The van der Waals surface area contributed by atoms with Gasteiger partial charge in [-0.15, -0.1) is 0 Å². The molecule has 1 atom stereocenters. The second-order valence-electron chi connectivity index (χ2n) is 4.08. The molecule has 0 aliphatic rings. The van der Waals surface area contributed by atoms with Crippen molar-refractivity contribution in [3.8, 4) is 6.07 Å². The van der Waals surface area contributed by atoms with E-state index in [1.165, 1.54) is 0 Å². The summed E-state index contributed by atoms with van der Waals surface area (Å²) in [6, 6.07) is 2.60. The van der Waals surface area contributed by atoms with E-state index >= 15 is 0 Å². The van der Waals surface area contributed by atoms with Crippen LogP contribution < -0.4 is 5.32 Å². The second kappa shape index (κ2) is 9.95. The number of hydrogen-bond acceptors (Lipinski definition) is 3. The van der Waals surface area contributed by atoms with Crippen molar-refractivity contribution < 1.29 is 4.74 Å². The first kappa shape index (κ1) is 14.4. The molecule has 1 N–H and O–H groups in total.